The first kappa shape index (κ1) is 18.9. The van der Waals surface area contributed by atoms with Crippen LogP contribution in [-0.4, -0.2) is 46.2 Å². The van der Waals surface area contributed by atoms with Crippen LogP contribution in [-0.2, 0) is 11.3 Å². The highest BCUT2D eigenvalue weighted by Crippen LogP contribution is 2.10. The molecule has 0 radical (unpaired) electrons. The van der Waals surface area contributed by atoms with E-state index in [1.165, 1.54) is 23.8 Å². The number of aromatic nitrogens is 2. The van der Waals surface area contributed by atoms with E-state index in [0.29, 0.717) is 36.1 Å². The van der Waals surface area contributed by atoms with Crippen molar-refractivity contribution in [3.63, 3.8) is 0 Å². The van der Waals surface area contributed by atoms with Gasteiger partial charge < -0.3 is 9.72 Å². The molecule has 1 heterocycles. The maximum Gasteiger partial charge on any atom is 0.337 e. The van der Waals surface area contributed by atoms with E-state index < -0.39 is 11.7 Å². The summed E-state index contributed by atoms with van der Waals surface area (Å²) in [6, 6.07) is 5.16. The number of methoxy groups -OCH3 is 1. The molecule has 1 N–H and O–H groups in total. The van der Waals surface area contributed by atoms with Crippen molar-refractivity contribution in [2.24, 2.45) is 0 Å². The van der Waals surface area contributed by atoms with Crippen LogP contribution in [0.15, 0.2) is 27.8 Å². The van der Waals surface area contributed by atoms with Crippen LogP contribution in [0.5, 0.6) is 0 Å². The van der Waals surface area contributed by atoms with Gasteiger partial charge in [0.05, 0.1) is 23.6 Å². The normalized spacial score (nSPS) is 11.7. The fourth-order valence-electron chi connectivity index (χ4n) is 3.03. The van der Waals surface area contributed by atoms with E-state index >= 15 is 0 Å². The Kier molecular flexibility index (Phi) is 5.79. The number of hydrogen-bond acceptors (Lipinski definition) is 5. The number of fused-ring (bicyclic) bond motifs is 1. The second-order valence-electron chi connectivity index (χ2n) is 6.56. The van der Waals surface area contributed by atoms with Gasteiger partial charge in [-0.15, -0.1) is 0 Å². The van der Waals surface area contributed by atoms with Crippen LogP contribution in [0.25, 0.3) is 10.9 Å². The van der Waals surface area contributed by atoms with Crippen LogP contribution < -0.4 is 11.2 Å². The minimum atomic E-state index is -0.517. The lowest BCUT2D eigenvalue weighted by atomic mass is 10.1. The molecule has 0 saturated carbocycles. The third-order valence-electron chi connectivity index (χ3n) is 4.31. The number of esters is 1. The van der Waals surface area contributed by atoms with E-state index in [9.17, 15) is 14.4 Å². The molecule has 0 saturated heterocycles. The van der Waals surface area contributed by atoms with Gasteiger partial charge in [-0.3, -0.25) is 14.3 Å². The van der Waals surface area contributed by atoms with E-state index in [0.717, 1.165) is 0 Å². The zero-order valence-electron chi connectivity index (χ0n) is 15.3. The molecule has 0 bridgehead atoms. The molecule has 0 spiro atoms. The van der Waals surface area contributed by atoms with Crippen molar-refractivity contribution in [3.8, 4) is 0 Å². The van der Waals surface area contributed by atoms with Gasteiger partial charge in [0, 0.05) is 25.2 Å². The van der Waals surface area contributed by atoms with E-state index in [4.69, 9.17) is 0 Å². The lowest BCUT2D eigenvalue weighted by Gasteiger charge is -2.30. The molecule has 136 valence electrons. The van der Waals surface area contributed by atoms with E-state index in [-0.39, 0.29) is 11.1 Å². The number of nitrogens with one attached hydrogen (secondary N) is 1. The van der Waals surface area contributed by atoms with Crippen molar-refractivity contribution >= 4 is 16.9 Å². The zero-order valence-corrected chi connectivity index (χ0v) is 15.3. The van der Waals surface area contributed by atoms with E-state index in [1.807, 2.05) is 0 Å². The van der Waals surface area contributed by atoms with Crippen LogP contribution in [0.4, 0.5) is 0 Å². The molecule has 25 heavy (non-hydrogen) atoms. The number of hydrogen-bond donors (Lipinski definition) is 1. The van der Waals surface area contributed by atoms with E-state index in [2.05, 4.69) is 42.3 Å². The number of aromatic amines is 1. The molecule has 0 aliphatic heterocycles. The Balaban J connectivity index is 2.41. The lowest BCUT2D eigenvalue weighted by Crippen LogP contribution is -2.43. The standard InChI is InChI=1S/C18H25N3O4/c1-11(2)20(12(3)4)8-9-21-16(22)14-7-6-13(17(23)25-5)10-15(14)19-18(21)24/h6-7,10-12H,8-9H2,1-5H3,(H,19,24). The number of nitrogens with zero attached hydrogens (tertiary/aromatic N) is 2. The fourth-order valence-corrected chi connectivity index (χ4v) is 3.03. The van der Waals surface area contributed by atoms with Crippen LogP contribution in [0.3, 0.4) is 0 Å². The average molecular weight is 347 g/mol. The second kappa shape index (κ2) is 7.65. The van der Waals surface area contributed by atoms with Gasteiger partial charge in [0.25, 0.3) is 5.56 Å². The Morgan fingerprint density at radius 2 is 1.84 bits per heavy atom. The van der Waals surface area contributed by atoms with Crippen molar-refractivity contribution in [1.29, 1.82) is 0 Å². The summed E-state index contributed by atoms with van der Waals surface area (Å²) in [6.07, 6.45) is 0. The molecule has 7 nitrogen and oxygen atoms in total. The second-order valence-corrected chi connectivity index (χ2v) is 6.56. The molecular formula is C18H25N3O4. The molecule has 0 fully saturated rings. The predicted octanol–water partition coefficient (Wildman–Crippen LogP) is 1.60. The average Bonchev–Trinajstić information content (AvgIpc) is 2.55. The summed E-state index contributed by atoms with van der Waals surface area (Å²) in [4.78, 5) is 41.5. The maximum atomic E-state index is 12.7. The van der Waals surface area contributed by atoms with Gasteiger partial charge in [0.2, 0.25) is 0 Å². The summed E-state index contributed by atoms with van der Waals surface area (Å²) < 4.78 is 5.87. The molecule has 2 aromatic rings. The summed E-state index contributed by atoms with van der Waals surface area (Å²) in [5.74, 6) is -0.517. The van der Waals surface area contributed by atoms with Crippen molar-refractivity contribution in [1.82, 2.24) is 14.5 Å². The highest BCUT2D eigenvalue weighted by atomic mass is 16.5. The van der Waals surface area contributed by atoms with Gasteiger partial charge in [-0.2, -0.15) is 0 Å². The molecule has 0 amide bonds. The predicted molar refractivity (Wildman–Crippen MR) is 97.1 cm³/mol. The molecule has 0 atom stereocenters. The summed E-state index contributed by atoms with van der Waals surface area (Å²) in [6.45, 7) is 9.25. The third-order valence-corrected chi connectivity index (χ3v) is 4.31. The molecule has 1 aromatic heterocycles. The largest absolute Gasteiger partial charge is 0.465 e. The number of rotatable bonds is 6. The van der Waals surface area contributed by atoms with Gasteiger partial charge in [-0.25, -0.2) is 9.59 Å². The number of H-pyrrole nitrogens is 1. The highest BCUT2D eigenvalue weighted by Gasteiger charge is 2.16. The Bertz CT molecular complexity index is 872. The first-order chi connectivity index (χ1) is 11.8. The SMILES string of the molecule is COC(=O)c1ccc2c(=O)n(CCN(C(C)C)C(C)C)c(=O)[nH]c2c1. The number of ether oxygens (including phenoxy) is 1. The Labute approximate surface area is 146 Å². The third kappa shape index (κ3) is 3.99. The minimum absolute atomic E-state index is 0.286. The molecule has 0 unspecified atom stereocenters. The Morgan fingerprint density at radius 1 is 1.20 bits per heavy atom. The van der Waals surface area contributed by atoms with Crippen LogP contribution in [0, 0.1) is 0 Å². The van der Waals surface area contributed by atoms with Gasteiger partial charge in [0.15, 0.2) is 0 Å². The topological polar surface area (TPSA) is 84.4 Å². The summed E-state index contributed by atoms with van der Waals surface area (Å²) >= 11 is 0. The highest BCUT2D eigenvalue weighted by molar-refractivity contribution is 5.93. The van der Waals surface area contributed by atoms with E-state index in [1.54, 1.807) is 6.07 Å². The zero-order chi connectivity index (χ0) is 18.7. The quantitative estimate of drug-likeness (QED) is 0.802. The van der Waals surface area contributed by atoms with Crippen LogP contribution in [0.2, 0.25) is 0 Å². The van der Waals surface area contributed by atoms with Gasteiger partial charge in [-0.05, 0) is 45.9 Å². The van der Waals surface area contributed by atoms with Gasteiger partial charge in [0.1, 0.15) is 0 Å². The summed E-state index contributed by atoms with van der Waals surface area (Å²) in [5, 5.41) is 0.368. The van der Waals surface area contributed by atoms with Crippen molar-refractivity contribution in [2.75, 3.05) is 13.7 Å². The number of benzene rings is 1. The minimum Gasteiger partial charge on any atom is -0.465 e. The monoisotopic (exact) mass is 347 g/mol. The van der Waals surface area contributed by atoms with Crippen molar-refractivity contribution < 1.29 is 9.53 Å². The lowest BCUT2D eigenvalue weighted by molar-refractivity contribution is 0.0601. The Morgan fingerprint density at radius 3 is 2.40 bits per heavy atom. The summed E-state index contributed by atoms with van der Waals surface area (Å²) in [5.41, 5.74) is -0.220. The first-order valence-electron chi connectivity index (χ1n) is 8.37. The van der Waals surface area contributed by atoms with Crippen LogP contribution >= 0.6 is 0 Å². The van der Waals surface area contributed by atoms with Crippen molar-refractivity contribution in [3.05, 3.63) is 44.6 Å². The van der Waals surface area contributed by atoms with Crippen LogP contribution in [0.1, 0.15) is 38.1 Å². The molecular weight excluding hydrogens is 322 g/mol. The summed E-state index contributed by atoms with van der Waals surface area (Å²) in [7, 11) is 1.28. The smallest absolute Gasteiger partial charge is 0.337 e. The molecule has 0 aliphatic carbocycles. The first-order valence-corrected chi connectivity index (χ1v) is 8.37. The van der Waals surface area contributed by atoms with Crippen molar-refractivity contribution in [2.45, 2.75) is 46.3 Å². The Hall–Kier alpha value is -2.41. The molecule has 1 aromatic carbocycles. The molecule has 0 aliphatic rings. The number of carbonyl (C=O) groups excluding carboxylic acids is 1. The fraction of sp³-hybridized carbons (Fsp3) is 0.500. The number of carbonyl (C=O) groups is 1. The van der Waals surface area contributed by atoms with Gasteiger partial charge >= 0.3 is 11.7 Å². The van der Waals surface area contributed by atoms with Gasteiger partial charge in [-0.1, -0.05) is 0 Å². The molecule has 2 rings (SSSR count). The molecule has 7 heteroatoms. The maximum absolute atomic E-state index is 12.7.